The zero-order chi connectivity index (χ0) is 12.1. The van der Waals surface area contributed by atoms with Gasteiger partial charge >= 0.3 is 0 Å². The predicted octanol–water partition coefficient (Wildman–Crippen LogP) is 2.59. The molecule has 0 unspecified atom stereocenters. The molecule has 0 bridgehead atoms. The summed E-state index contributed by atoms with van der Waals surface area (Å²) in [5, 5.41) is 0. The summed E-state index contributed by atoms with van der Waals surface area (Å²) in [6.07, 6.45) is 0.810. The summed E-state index contributed by atoms with van der Waals surface area (Å²) < 4.78 is 0. The van der Waals surface area contributed by atoms with Gasteiger partial charge < -0.3 is 10.5 Å². The first kappa shape index (κ1) is 11.6. The lowest BCUT2D eigenvalue weighted by molar-refractivity contribution is -0.109. The number of nitrogens with two attached hydrogens (primary N) is 1. The Kier molecular flexibility index (Phi) is 3.68. The van der Waals surface area contributed by atoms with Crippen LogP contribution in [0.1, 0.15) is 18.5 Å². The zero-order valence-electron chi connectivity index (χ0n) is 9.49. The van der Waals surface area contributed by atoms with Gasteiger partial charge in [0.1, 0.15) is 6.29 Å². The van der Waals surface area contributed by atoms with Gasteiger partial charge in [-0.05, 0) is 11.1 Å². The lowest BCUT2D eigenvalue weighted by Gasteiger charge is -2.20. The Morgan fingerprint density at radius 2 is 1.29 bits per heavy atom. The van der Waals surface area contributed by atoms with Gasteiger partial charge in [0.2, 0.25) is 0 Å². The number of rotatable bonds is 4. The molecule has 17 heavy (non-hydrogen) atoms. The zero-order valence-corrected chi connectivity index (χ0v) is 9.49. The van der Waals surface area contributed by atoms with Crippen LogP contribution in [0.5, 0.6) is 0 Å². The molecule has 0 fully saturated rings. The summed E-state index contributed by atoms with van der Waals surface area (Å²) in [4.78, 5) is 11.0. The van der Waals surface area contributed by atoms with E-state index >= 15 is 0 Å². The van der Waals surface area contributed by atoms with Crippen LogP contribution < -0.4 is 5.73 Å². The van der Waals surface area contributed by atoms with Crippen LogP contribution in [0.3, 0.4) is 0 Å². The molecule has 0 heterocycles. The molecule has 0 aromatic heterocycles. The van der Waals surface area contributed by atoms with Crippen molar-refractivity contribution in [1.29, 1.82) is 0 Å². The number of carbonyl (C=O) groups excluding carboxylic acids is 1. The Balaban J connectivity index is 0.00000162. The number of hydrogen-bond donors (Lipinski definition) is 1. The van der Waals surface area contributed by atoms with E-state index in [-0.39, 0.29) is 7.34 Å². The maximum Gasteiger partial charge on any atom is 0.137 e. The van der Waals surface area contributed by atoms with Gasteiger partial charge in [-0.2, -0.15) is 0 Å². The van der Waals surface area contributed by atoms with Gasteiger partial charge in [0, 0.05) is 7.34 Å². The van der Waals surface area contributed by atoms with Crippen molar-refractivity contribution in [3.05, 3.63) is 71.8 Å². The summed E-state index contributed by atoms with van der Waals surface area (Å²) >= 11 is 0. The second kappa shape index (κ2) is 5.41. The van der Waals surface area contributed by atoms with E-state index in [1.165, 1.54) is 0 Å². The monoisotopic (exact) mass is 227 g/mol. The Morgan fingerprint density at radius 1 is 0.882 bits per heavy atom. The van der Waals surface area contributed by atoms with Gasteiger partial charge in [0.15, 0.2) is 0 Å². The molecule has 88 valence electrons. The smallest absolute Gasteiger partial charge is 0.137 e. The van der Waals surface area contributed by atoms with E-state index in [9.17, 15) is 4.79 Å². The third kappa shape index (κ3) is 2.60. The molecular weight excluding hydrogens is 210 g/mol. The maximum absolute atomic E-state index is 11.0. The lowest BCUT2D eigenvalue weighted by atomic mass is 9.86. The van der Waals surface area contributed by atoms with Gasteiger partial charge in [-0.3, -0.25) is 0 Å². The molecule has 2 aromatic carbocycles. The van der Waals surface area contributed by atoms with E-state index in [1.807, 2.05) is 60.7 Å². The highest BCUT2D eigenvalue weighted by Gasteiger charge is 2.20. The Hall–Kier alpha value is -1.93. The average molecular weight is 227 g/mol. The SMILES string of the molecule is N[C@H](C=O)C(c1ccccc1)c1ccccc1.[HH]. The molecule has 0 aliphatic rings. The van der Waals surface area contributed by atoms with Crippen molar-refractivity contribution in [3.8, 4) is 0 Å². The van der Waals surface area contributed by atoms with Crippen LogP contribution in [0.15, 0.2) is 60.7 Å². The van der Waals surface area contributed by atoms with Crippen molar-refractivity contribution in [1.82, 2.24) is 0 Å². The van der Waals surface area contributed by atoms with Crippen LogP contribution in [-0.4, -0.2) is 12.3 Å². The fourth-order valence-corrected chi connectivity index (χ4v) is 2.04. The van der Waals surface area contributed by atoms with Crippen LogP contribution in [0.4, 0.5) is 0 Å². The summed E-state index contributed by atoms with van der Waals surface area (Å²) in [5.41, 5.74) is 8.05. The van der Waals surface area contributed by atoms with Gasteiger partial charge in [-0.15, -0.1) is 0 Å². The minimum atomic E-state index is -0.514. The predicted molar refractivity (Wildman–Crippen MR) is 70.9 cm³/mol. The van der Waals surface area contributed by atoms with Crippen LogP contribution in [0.25, 0.3) is 0 Å². The molecule has 2 nitrogen and oxygen atoms in total. The summed E-state index contributed by atoms with van der Waals surface area (Å²) in [5.74, 6) is -0.0742. The molecule has 1 atom stereocenters. The quantitative estimate of drug-likeness (QED) is 0.816. The maximum atomic E-state index is 11.0. The fourth-order valence-electron chi connectivity index (χ4n) is 2.04. The fraction of sp³-hybridized carbons (Fsp3) is 0.133. The van der Waals surface area contributed by atoms with Gasteiger partial charge in [0.25, 0.3) is 0 Å². The third-order valence-corrected chi connectivity index (χ3v) is 2.86. The second-order valence-corrected chi connectivity index (χ2v) is 4.01. The van der Waals surface area contributed by atoms with Crippen LogP contribution in [0, 0.1) is 0 Å². The first-order valence-corrected chi connectivity index (χ1v) is 5.63. The first-order valence-electron chi connectivity index (χ1n) is 5.63. The summed E-state index contributed by atoms with van der Waals surface area (Å²) in [6, 6.07) is 19.2. The highest BCUT2D eigenvalue weighted by atomic mass is 16.1. The van der Waals surface area contributed by atoms with Crippen molar-refractivity contribution in [3.63, 3.8) is 0 Å². The normalized spacial score (nSPS) is 12.4. The first-order chi connectivity index (χ1) is 8.33. The molecule has 0 radical (unpaired) electrons. The third-order valence-electron chi connectivity index (χ3n) is 2.86. The highest BCUT2D eigenvalue weighted by Crippen LogP contribution is 2.26. The number of carbonyl (C=O) groups is 1. The Morgan fingerprint density at radius 3 is 1.65 bits per heavy atom. The van der Waals surface area contributed by atoms with Crippen molar-refractivity contribution >= 4 is 6.29 Å². The Bertz CT molecular complexity index is 433. The molecular formula is C15H17NO. The molecule has 0 saturated heterocycles. The van der Waals surface area contributed by atoms with Crippen molar-refractivity contribution in [2.75, 3.05) is 0 Å². The summed E-state index contributed by atoms with van der Waals surface area (Å²) in [7, 11) is 0. The lowest BCUT2D eigenvalue weighted by Crippen LogP contribution is -2.30. The molecule has 0 spiro atoms. The second-order valence-electron chi connectivity index (χ2n) is 4.01. The van der Waals surface area contributed by atoms with E-state index < -0.39 is 6.04 Å². The van der Waals surface area contributed by atoms with Gasteiger partial charge in [-0.25, -0.2) is 0 Å². The largest absolute Gasteiger partial charge is 0.321 e. The van der Waals surface area contributed by atoms with Crippen LogP contribution in [0.2, 0.25) is 0 Å². The van der Waals surface area contributed by atoms with Crippen molar-refractivity contribution < 1.29 is 6.22 Å². The van der Waals surface area contributed by atoms with E-state index in [2.05, 4.69) is 0 Å². The topological polar surface area (TPSA) is 43.1 Å². The highest BCUT2D eigenvalue weighted by molar-refractivity contribution is 5.61. The van der Waals surface area contributed by atoms with E-state index in [4.69, 9.17) is 5.73 Å². The molecule has 0 amide bonds. The van der Waals surface area contributed by atoms with E-state index in [0.717, 1.165) is 17.4 Å². The van der Waals surface area contributed by atoms with E-state index in [0.29, 0.717) is 0 Å². The number of benzene rings is 2. The molecule has 2 aromatic rings. The summed E-state index contributed by atoms with van der Waals surface area (Å²) in [6.45, 7) is 0. The van der Waals surface area contributed by atoms with Gasteiger partial charge in [0.05, 0.1) is 6.04 Å². The minimum Gasteiger partial charge on any atom is -0.321 e. The molecule has 2 N–H and O–H groups in total. The van der Waals surface area contributed by atoms with Crippen LogP contribution >= 0.6 is 0 Å². The number of hydrogen-bond acceptors (Lipinski definition) is 2. The van der Waals surface area contributed by atoms with Crippen LogP contribution in [-0.2, 0) is 4.79 Å². The minimum absolute atomic E-state index is 0. The molecule has 2 heteroatoms. The standard InChI is InChI=1S/C15H15NO.H2/c16-14(11-17)15(12-7-3-1-4-8-12)13-9-5-2-6-10-13;/h1-11,14-15H,16H2;1H/t14-;/m1./s1. The molecule has 0 aliphatic heterocycles. The average Bonchev–Trinajstić information content (AvgIpc) is 2.41. The molecule has 0 saturated carbocycles. The molecule has 0 aliphatic carbocycles. The Labute approximate surface area is 103 Å². The van der Waals surface area contributed by atoms with E-state index in [1.54, 1.807) is 0 Å². The van der Waals surface area contributed by atoms with Crippen molar-refractivity contribution in [2.45, 2.75) is 12.0 Å². The van der Waals surface area contributed by atoms with Crippen molar-refractivity contribution in [2.24, 2.45) is 5.73 Å². The number of aldehydes is 1. The molecule has 2 rings (SSSR count). The van der Waals surface area contributed by atoms with Gasteiger partial charge in [-0.1, -0.05) is 60.7 Å².